The molecule has 0 atom stereocenters. The molecule has 0 aliphatic rings. The van der Waals surface area contributed by atoms with Gasteiger partial charge in [-0.1, -0.05) is 61.5 Å². The zero-order valence-corrected chi connectivity index (χ0v) is 21.5. The van der Waals surface area contributed by atoms with Gasteiger partial charge in [0, 0.05) is 23.2 Å². The molecule has 190 valence electrons. The number of nitro groups is 1. The Kier molecular flexibility index (Phi) is 8.26. The number of hydrogen-bond acceptors (Lipinski definition) is 6. The average Bonchev–Trinajstić information content (AvgIpc) is 2.88. The van der Waals surface area contributed by atoms with Crippen molar-refractivity contribution < 1.29 is 18.9 Å². The van der Waals surface area contributed by atoms with Gasteiger partial charge in [-0.2, -0.15) is 0 Å². The van der Waals surface area contributed by atoms with Gasteiger partial charge in [0.1, 0.15) is 17.6 Å². The predicted molar refractivity (Wildman–Crippen MR) is 144 cm³/mol. The lowest BCUT2D eigenvalue weighted by atomic mass is 10.0. The van der Waals surface area contributed by atoms with E-state index in [-0.39, 0.29) is 33.0 Å². The van der Waals surface area contributed by atoms with Crippen molar-refractivity contribution in [2.45, 2.75) is 39.0 Å². The molecular weight excluding hydrogens is 517 g/mol. The summed E-state index contributed by atoms with van der Waals surface area (Å²) in [4.78, 5) is 36.9. The van der Waals surface area contributed by atoms with E-state index in [9.17, 15) is 19.7 Å². The van der Waals surface area contributed by atoms with Crippen LogP contribution in [0.4, 0.5) is 5.69 Å². The van der Waals surface area contributed by atoms with Crippen LogP contribution in [0.1, 0.15) is 48.5 Å². The molecule has 9 heteroatoms. The number of hydrogen-bond donors (Lipinski definition) is 0. The van der Waals surface area contributed by atoms with Crippen LogP contribution in [0.5, 0.6) is 5.75 Å². The first-order chi connectivity index (χ1) is 17.8. The quantitative estimate of drug-likeness (QED) is 0.0701. The van der Waals surface area contributed by atoms with Gasteiger partial charge in [0.2, 0.25) is 5.43 Å². The third-order valence-corrected chi connectivity index (χ3v) is 6.58. The van der Waals surface area contributed by atoms with E-state index < -0.39 is 10.9 Å². The van der Waals surface area contributed by atoms with E-state index in [1.165, 1.54) is 24.5 Å². The van der Waals surface area contributed by atoms with Gasteiger partial charge in [-0.05, 0) is 48.2 Å². The summed E-state index contributed by atoms with van der Waals surface area (Å²) < 4.78 is 11.4. The highest BCUT2D eigenvalue weighted by molar-refractivity contribution is 6.33. The van der Waals surface area contributed by atoms with E-state index in [1.54, 1.807) is 30.3 Å². The summed E-state index contributed by atoms with van der Waals surface area (Å²) in [5.74, 6) is -0.637. The number of non-ortho nitro benzene ring substituents is 1. The lowest BCUT2D eigenvalue weighted by Gasteiger charge is -2.13. The molecule has 7 nitrogen and oxygen atoms in total. The summed E-state index contributed by atoms with van der Waals surface area (Å²) in [6.45, 7) is 2.11. The number of ether oxygens (including phenoxy) is 1. The lowest BCUT2D eigenvalue weighted by Crippen LogP contribution is -2.12. The number of benzene rings is 3. The number of rotatable bonds is 9. The lowest BCUT2D eigenvalue weighted by molar-refractivity contribution is -0.384. The maximum Gasteiger partial charge on any atom is 0.345 e. The predicted octanol–water partition coefficient (Wildman–Crippen LogP) is 8.02. The number of nitro benzene ring substituents is 1. The number of esters is 1. The average molecular weight is 540 g/mol. The van der Waals surface area contributed by atoms with Crippen LogP contribution in [-0.4, -0.2) is 10.9 Å². The van der Waals surface area contributed by atoms with Crippen molar-refractivity contribution >= 4 is 45.8 Å². The van der Waals surface area contributed by atoms with E-state index in [0.29, 0.717) is 33.5 Å². The molecule has 0 amide bonds. The van der Waals surface area contributed by atoms with E-state index >= 15 is 0 Å². The largest absolute Gasteiger partial charge is 0.463 e. The number of aryl methyl sites for hydroxylation is 1. The molecule has 4 aromatic rings. The van der Waals surface area contributed by atoms with Crippen LogP contribution in [-0.2, 0) is 6.42 Å². The normalized spacial score (nSPS) is 11.0. The van der Waals surface area contributed by atoms with Crippen LogP contribution in [0, 0.1) is 10.1 Å². The Morgan fingerprint density at radius 1 is 1.03 bits per heavy atom. The van der Waals surface area contributed by atoms with Crippen LogP contribution in [0.3, 0.4) is 0 Å². The Labute approximate surface area is 222 Å². The first kappa shape index (κ1) is 26.4. The maximum atomic E-state index is 13.4. The molecule has 0 N–H and O–H groups in total. The van der Waals surface area contributed by atoms with Crippen LogP contribution >= 0.6 is 23.2 Å². The molecule has 4 rings (SSSR count). The van der Waals surface area contributed by atoms with E-state index in [0.717, 1.165) is 31.7 Å². The number of fused-ring (bicyclic) bond motifs is 1. The second-order valence-electron chi connectivity index (χ2n) is 8.56. The molecule has 0 aliphatic heterocycles. The third-order valence-electron chi connectivity index (χ3n) is 5.99. The van der Waals surface area contributed by atoms with E-state index in [4.69, 9.17) is 32.4 Å². The molecule has 37 heavy (non-hydrogen) atoms. The van der Waals surface area contributed by atoms with Crippen molar-refractivity contribution in [3.8, 4) is 16.9 Å². The van der Waals surface area contributed by atoms with Crippen LogP contribution in [0.15, 0.2) is 70.1 Å². The number of carbonyl (C=O) groups is 1. The molecule has 0 saturated heterocycles. The number of halogens is 2. The molecule has 0 saturated carbocycles. The zero-order valence-electron chi connectivity index (χ0n) is 20.0. The first-order valence-corrected chi connectivity index (χ1v) is 12.5. The Bertz CT molecular complexity index is 1530. The monoisotopic (exact) mass is 539 g/mol. The second-order valence-corrected chi connectivity index (χ2v) is 9.41. The van der Waals surface area contributed by atoms with Gasteiger partial charge in [-0.3, -0.25) is 14.9 Å². The highest BCUT2D eigenvalue weighted by Crippen LogP contribution is 2.31. The highest BCUT2D eigenvalue weighted by atomic mass is 35.5. The van der Waals surface area contributed by atoms with E-state index in [2.05, 4.69) is 6.92 Å². The minimum Gasteiger partial charge on any atom is -0.463 e. The van der Waals surface area contributed by atoms with Crippen LogP contribution < -0.4 is 10.2 Å². The smallest absolute Gasteiger partial charge is 0.345 e. The second kappa shape index (κ2) is 11.6. The summed E-state index contributed by atoms with van der Waals surface area (Å²) in [5, 5.41) is 12.1. The van der Waals surface area contributed by atoms with Gasteiger partial charge in [0.25, 0.3) is 5.69 Å². The number of unbranched alkanes of at least 4 members (excludes halogenated alkanes) is 3. The zero-order chi connectivity index (χ0) is 26.5. The molecule has 0 fully saturated rings. The summed E-state index contributed by atoms with van der Waals surface area (Å²) in [6.07, 6.45) is 5.82. The number of nitrogens with zero attached hydrogens (tertiary/aromatic N) is 1. The van der Waals surface area contributed by atoms with Crippen molar-refractivity contribution in [1.82, 2.24) is 0 Å². The van der Waals surface area contributed by atoms with Crippen LogP contribution in [0.2, 0.25) is 10.0 Å². The minimum absolute atomic E-state index is 0.0278. The van der Waals surface area contributed by atoms with E-state index in [1.807, 2.05) is 0 Å². The van der Waals surface area contributed by atoms with Gasteiger partial charge < -0.3 is 9.15 Å². The fraction of sp³-hybridized carbons (Fsp3) is 0.214. The molecule has 0 bridgehead atoms. The minimum atomic E-state index is -0.844. The molecule has 0 radical (unpaired) electrons. The summed E-state index contributed by atoms with van der Waals surface area (Å²) in [6, 6.07) is 13.6. The van der Waals surface area contributed by atoms with Gasteiger partial charge >= 0.3 is 5.97 Å². The standard InChI is InChI=1S/C28H23Cl2NO6/c1-2-3-4-5-6-18-13-22-26(36-16-23(27(22)32)17-7-9-19(29)10-8-17)15-25(18)37-28(33)21-14-20(31(34)35)11-12-24(21)30/h7-16H,2-6H2,1H3. The molecule has 0 unspecified atom stereocenters. The Hall–Kier alpha value is -3.68. The molecule has 1 aromatic heterocycles. The summed E-state index contributed by atoms with van der Waals surface area (Å²) >= 11 is 12.1. The summed E-state index contributed by atoms with van der Waals surface area (Å²) in [7, 11) is 0. The first-order valence-electron chi connectivity index (χ1n) is 11.8. The SMILES string of the molecule is CCCCCCc1cc2c(=O)c(-c3ccc(Cl)cc3)coc2cc1OC(=O)c1cc([N+](=O)[O-])ccc1Cl. The van der Waals surface area contributed by atoms with Crippen molar-refractivity contribution in [1.29, 1.82) is 0 Å². The van der Waals surface area contributed by atoms with Crippen molar-refractivity contribution in [3.63, 3.8) is 0 Å². The fourth-order valence-corrected chi connectivity index (χ4v) is 4.32. The molecular formula is C28H23Cl2NO6. The molecule has 0 spiro atoms. The van der Waals surface area contributed by atoms with Crippen molar-refractivity contribution in [2.24, 2.45) is 0 Å². The van der Waals surface area contributed by atoms with Gasteiger partial charge in [-0.15, -0.1) is 0 Å². The van der Waals surface area contributed by atoms with Crippen molar-refractivity contribution in [3.05, 3.63) is 102 Å². The third kappa shape index (κ3) is 6.01. The summed E-state index contributed by atoms with van der Waals surface area (Å²) in [5.41, 5.74) is 1.31. The van der Waals surface area contributed by atoms with Crippen LogP contribution in [0.25, 0.3) is 22.1 Å². The molecule has 0 aliphatic carbocycles. The van der Waals surface area contributed by atoms with Gasteiger partial charge in [0.15, 0.2) is 0 Å². The van der Waals surface area contributed by atoms with Gasteiger partial charge in [-0.25, -0.2) is 4.79 Å². The molecule has 3 aromatic carbocycles. The maximum absolute atomic E-state index is 13.4. The van der Waals surface area contributed by atoms with Crippen molar-refractivity contribution in [2.75, 3.05) is 0 Å². The van der Waals surface area contributed by atoms with Gasteiger partial charge in [0.05, 0.1) is 26.5 Å². The topological polar surface area (TPSA) is 99.7 Å². The highest BCUT2D eigenvalue weighted by Gasteiger charge is 2.21. The molecule has 1 heterocycles. The Morgan fingerprint density at radius 2 is 1.78 bits per heavy atom. The Morgan fingerprint density at radius 3 is 2.49 bits per heavy atom. The fourth-order valence-electron chi connectivity index (χ4n) is 4.00. The number of carbonyl (C=O) groups excluding carboxylic acids is 1. The Balaban J connectivity index is 1.75.